The highest BCUT2D eigenvalue weighted by atomic mass is 35.5. The first-order valence-corrected chi connectivity index (χ1v) is 5.79. The molecular formula is C4H3ClMgS. The number of halogens is 1. The molecule has 0 atom stereocenters. The van der Waals surface area contributed by atoms with Gasteiger partial charge in [0, 0.05) is 0 Å². The Kier molecular flexibility index (Phi) is 2.45. The molecule has 0 aliphatic carbocycles. The van der Waals surface area contributed by atoms with Crippen LogP contribution < -0.4 is 3.69 Å². The molecule has 1 rings (SSSR count). The van der Waals surface area contributed by atoms with Crippen molar-refractivity contribution in [3.63, 3.8) is 0 Å². The summed E-state index contributed by atoms with van der Waals surface area (Å²) >= 11 is 1.33. The Bertz CT molecular complexity index is 126. The van der Waals surface area contributed by atoms with E-state index >= 15 is 0 Å². The van der Waals surface area contributed by atoms with Crippen LogP contribution in [-0.4, -0.2) is 19.3 Å². The lowest BCUT2D eigenvalue weighted by atomic mass is 10.7. The monoisotopic (exact) mass is 142 g/mol. The molecule has 0 amide bonds. The number of hydrogen-bond donors (Lipinski definition) is 0. The quantitative estimate of drug-likeness (QED) is 0.518. The predicted molar refractivity (Wildman–Crippen MR) is 35.6 cm³/mol. The zero-order valence-electron chi connectivity index (χ0n) is 3.73. The van der Waals surface area contributed by atoms with E-state index in [0.717, 1.165) is 0 Å². The summed E-state index contributed by atoms with van der Waals surface area (Å²) in [6.45, 7) is 0. The smallest absolute Gasteiger partial charge is 0.336 e. The van der Waals surface area contributed by atoms with Gasteiger partial charge in [-0.05, 0) is 10.8 Å². The number of thiophene rings is 1. The van der Waals surface area contributed by atoms with Crippen molar-refractivity contribution in [2.45, 2.75) is 0 Å². The Balaban J connectivity index is 2.76. The fraction of sp³-hybridized carbons (Fsp3) is 0. The topological polar surface area (TPSA) is 0 Å². The molecule has 0 aliphatic rings. The molecule has 0 saturated carbocycles. The van der Waals surface area contributed by atoms with Crippen LogP contribution in [0.1, 0.15) is 0 Å². The standard InChI is InChI=1S/C4H3S.ClH.Mg/c1-2-4-5-3-1;;/h1,3-4H;1H;/q;;+1/p-1. The summed E-state index contributed by atoms with van der Waals surface area (Å²) in [5, 5.41) is 4.17. The van der Waals surface area contributed by atoms with Crippen molar-refractivity contribution in [2.24, 2.45) is 0 Å². The fourth-order valence-corrected chi connectivity index (χ4v) is 2.71. The maximum atomic E-state index is 5.61. The van der Waals surface area contributed by atoms with Gasteiger partial charge >= 0.3 is 19.3 Å². The fourth-order valence-electron chi connectivity index (χ4n) is 0.369. The highest BCUT2D eigenvalue weighted by Crippen LogP contribution is 1.91. The maximum Gasteiger partial charge on any atom is 0.539 e. The first-order chi connectivity index (χ1) is 3.43. The second kappa shape index (κ2) is 2.92. The molecular weight excluding hydrogens is 140 g/mol. The summed E-state index contributed by atoms with van der Waals surface area (Å²) in [6.07, 6.45) is 0. The molecule has 0 unspecified atom stereocenters. The summed E-state index contributed by atoms with van der Waals surface area (Å²) in [4.78, 5) is 0. The minimum Gasteiger partial charge on any atom is -0.336 e. The average molecular weight is 143 g/mol. The van der Waals surface area contributed by atoms with Crippen LogP contribution in [0.4, 0.5) is 0 Å². The van der Waals surface area contributed by atoms with Crippen LogP contribution >= 0.6 is 20.4 Å². The molecule has 1 heterocycles. The van der Waals surface area contributed by atoms with E-state index in [1.807, 2.05) is 0 Å². The van der Waals surface area contributed by atoms with Crippen LogP contribution in [0.3, 0.4) is 0 Å². The van der Waals surface area contributed by atoms with E-state index in [1.165, 1.54) is 3.69 Å². The SMILES string of the molecule is [Cl][Mg][c]1ccsc1. The third-order valence-electron chi connectivity index (χ3n) is 0.734. The van der Waals surface area contributed by atoms with Crippen LogP contribution in [-0.2, 0) is 0 Å². The summed E-state index contributed by atoms with van der Waals surface area (Å²) in [5.41, 5.74) is 0. The summed E-state index contributed by atoms with van der Waals surface area (Å²) in [6, 6.07) is 2.09. The van der Waals surface area contributed by atoms with Crippen molar-refractivity contribution in [1.29, 1.82) is 0 Å². The molecule has 34 valence electrons. The van der Waals surface area contributed by atoms with Gasteiger partial charge in [-0.2, -0.15) is 11.3 Å². The van der Waals surface area contributed by atoms with Crippen molar-refractivity contribution in [2.75, 3.05) is 0 Å². The molecule has 0 radical (unpaired) electrons. The van der Waals surface area contributed by atoms with Crippen molar-refractivity contribution >= 4 is 43.4 Å². The van der Waals surface area contributed by atoms with Gasteiger partial charge in [0.05, 0.1) is 0 Å². The molecule has 0 aromatic carbocycles. The average Bonchev–Trinajstić information content (AvgIpc) is 2.14. The Morgan fingerprint density at radius 1 is 1.71 bits per heavy atom. The van der Waals surface area contributed by atoms with Crippen molar-refractivity contribution in [3.05, 3.63) is 16.8 Å². The van der Waals surface area contributed by atoms with Gasteiger partial charge < -0.3 is 9.07 Å². The van der Waals surface area contributed by atoms with Crippen LogP contribution in [0.2, 0.25) is 0 Å². The molecule has 7 heavy (non-hydrogen) atoms. The van der Waals surface area contributed by atoms with E-state index in [-0.39, 0.29) is 19.3 Å². The Morgan fingerprint density at radius 2 is 2.57 bits per heavy atom. The highest BCUT2D eigenvalue weighted by molar-refractivity contribution is 7.11. The van der Waals surface area contributed by atoms with Gasteiger partial charge in [-0.1, -0.05) is 6.07 Å². The van der Waals surface area contributed by atoms with Crippen LogP contribution in [0.15, 0.2) is 16.8 Å². The Morgan fingerprint density at radius 3 is 2.86 bits per heavy atom. The minimum absolute atomic E-state index is 0.384. The second-order valence-corrected chi connectivity index (χ2v) is 3.93. The molecule has 3 heteroatoms. The molecule has 0 bridgehead atoms. The lowest BCUT2D eigenvalue weighted by Gasteiger charge is -1.73. The van der Waals surface area contributed by atoms with Crippen molar-refractivity contribution < 1.29 is 0 Å². The predicted octanol–water partition coefficient (Wildman–Crippen LogP) is 1.23. The third kappa shape index (κ3) is 1.61. The summed E-state index contributed by atoms with van der Waals surface area (Å²) < 4.78 is 1.35. The van der Waals surface area contributed by atoms with Crippen molar-refractivity contribution in [1.82, 2.24) is 0 Å². The van der Waals surface area contributed by atoms with Crippen LogP contribution in [0, 0.1) is 0 Å². The van der Waals surface area contributed by atoms with Gasteiger partial charge in [0.15, 0.2) is 0 Å². The van der Waals surface area contributed by atoms with Gasteiger partial charge in [0.25, 0.3) is 0 Å². The number of rotatable bonds is 1. The normalized spacial score (nSPS) is 8.14. The van der Waals surface area contributed by atoms with Gasteiger partial charge in [-0.3, -0.25) is 0 Å². The van der Waals surface area contributed by atoms with E-state index in [1.54, 1.807) is 11.3 Å². The van der Waals surface area contributed by atoms with Gasteiger partial charge in [-0.25, -0.2) is 0 Å². The van der Waals surface area contributed by atoms with E-state index in [9.17, 15) is 0 Å². The van der Waals surface area contributed by atoms with Crippen LogP contribution in [0.25, 0.3) is 0 Å². The Labute approximate surface area is 60.0 Å². The van der Waals surface area contributed by atoms with Gasteiger partial charge in [-0.15, -0.1) is 3.69 Å². The molecule has 0 fully saturated rings. The molecule has 0 saturated heterocycles. The van der Waals surface area contributed by atoms with E-state index < -0.39 is 0 Å². The maximum absolute atomic E-state index is 5.61. The van der Waals surface area contributed by atoms with E-state index in [4.69, 9.17) is 9.07 Å². The molecule has 1 aromatic rings. The molecule has 0 aliphatic heterocycles. The van der Waals surface area contributed by atoms with Crippen molar-refractivity contribution in [3.8, 4) is 0 Å². The van der Waals surface area contributed by atoms with Crippen LogP contribution in [0.5, 0.6) is 0 Å². The summed E-state index contributed by atoms with van der Waals surface area (Å²) in [5.74, 6) is 0. The second-order valence-electron chi connectivity index (χ2n) is 1.27. The zero-order chi connectivity index (χ0) is 5.11. The highest BCUT2D eigenvalue weighted by Gasteiger charge is 1.91. The molecule has 0 N–H and O–H groups in total. The first kappa shape index (κ1) is 5.89. The lowest BCUT2D eigenvalue weighted by Crippen LogP contribution is -2.01. The zero-order valence-corrected chi connectivity index (χ0v) is 6.71. The molecule has 0 spiro atoms. The molecule has 0 nitrogen and oxygen atoms in total. The lowest BCUT2D eigenvalue weighted by molar-refractivity contribution is 2.15. The minimum atomic E-state index is -0.384. The van der Waals surface area contributed by atoms with Gasteiger partial charge in [0.1, 0.15) is 0 Å². The van der Waals surface area contributed by atoms with Gasteiger partial charge in [0.2, 0.25) is 0 Å². The number of hydrogen-bond acceptors (Lipinski definition) is 1. The largest absolute Gasteiger partial charge is 0.539 e. The van der Waals surface area contributed by atoms with E-state index in [0.29, 0.717) is 0 Å². The molecule has 1 aromatic heterocycles. The van der Waals surface area contributed by atoms with E-state index in [2.05, 4.69) is 16.8 Å². The summed E-state index contributed by atoms with van der Waals surface area (Å²) in [7, 11) is 5.61. The first-order valence-electron chi connectivity index (χ1n) is 2.00. The Hall–Kier alpha value is 0.756. The third-order valence-corrected chi connectivity index (χ3v) is 3.44.